The average Bonchev–Trinajstić information content (AvgIpc) is 3.56. The van der Waals surface area contributed by atoms with E-state index < -0.39 is 30.1 Å². The number of rotatable bonds is 16. The first-order chi connectivity index (χ1) is 28.6. The third-order valence-corrected chi connectivity index (χ3v) is 11.1. The minimum atomic E-state index is -1.03. The van der Waals surface area contributed by atoms with Gasteiger partial charge in [0.1, 0.15) is 12.2 Å². The molecule has 4 aromatic heterocycles. The predicted octanol–water partition coefficient (Wildman–Crippen LogP) is 4.41. The lowest BCUT2D eigenvalue weighted by Gasteiger charge is -2.21. The number of nitrogens with one attached hydrogen (secondary N) is 4. The second-order valence-electron chi connectivity index (χ2n) is 15.3. The molecule has 2 aliphatic rings. The molecule has 4 N–H and O–H groups in total. The van der Waals surface area contributed by atoms with Crippen LogP contribution in [0.5, 0.6) is 0 Å². The molecular weight excluding hydrogens is 758 g/mol. The fourth-order valence-corrected chi connectivity index (χ4v) is 7.65. The number of benzene rings is 2. The van der Waals surface area contributed by atoms with E-state index >= 15 is 0 Å². The van der Waals surface area contributed by atoms with Crippen LogP contribution in [0.2, 0.25) is 0 Å². The molecule has 17 heteroatoms. The van der Waals surface area contributed by atoms with Crippen molar-refractivity contribution in [1.29, 1.82) is 0 Å². The van der Waals surface area contributed by atoms with Crippen LogP contribution in [-0.2, 0) is 23.1 Å². The zero-order valence-electron chi connectivity index (χ0n) is 32.9. The van der Waals surface area contributed by atoms with Gasteiger partial charge in [-0.15, -0.1) is 0 Å². The van der Waals surface area contributed by atoms with Crippen molar-refractivity contribution < 1.29 is 23.6 Å². The molecule has 1 saturated carbocycles. The molecule has 0 spiro atoms. The van der Waals surface area contributed by atoms with Gasteiger partial charge in [0.15, 0.2) is 11.3 Å². The van der Waals surface area contributed by atoms with Gasteiger partial charge in [0.25, 0.3) is 11.8 Å². The van der Waals surface area contributed by atoms with Gasteiger partial charge in [-0.05, 0) is 67.6 Å². The SMILES string of the molecule is CNc1cc(-c2cnn(-c3cccc(C(=O)NCCCCCCCCc4ccc5c(c4)n(C)c(=O)n5C4CCC(=O)NC4=O)c3)c2)nn2c(C(=O)N[C@@H]3C[C@@H]3F)cnc12. The lowest BCUT2D eigenvalue weighted by Crippen LogP contribution is -2.44. The number of carbonyl (C=O) groups excluding carboxylic acids is 4. The first-order valence-electron chi connectivity index (χ1n) is 20.1. The van der Waals surface area contributed by atoms with E-state index in [2.05, 4.69) is 36.4 Å². The number of anilines is 1. The molecular formula is C42H46FN11O5. The Bertz CT molecular complexity index is 2640. The summed E-state index contributed by atoms with van der Waals surface area (Å²) in [6.45, 7) is 0.567. The highest BCUT2D eigenvalue weighted by Gasteiger charge is 2.39. The highest BCUT2D eigenvalue weighted by Crippen LogP contribution is 2.28. The fraction of sp³-hybridized carbons (Fsp3) is 0.381. The highest BCUT2D eigenvalue weighted by molar-refractivity contribution is 6.00. The van der Waals surface area contributed by atoms with Crippen LogP contribution in [-0.4, -0.2) is 82.9 Å². The fourth-order valence-electron chi connectivity index (χ4n) is 7.65. The Balaban J connectivity index is 0.789. The smallest absolute Gasteiger partial charge is 0.329 e. The second-order valence-corrected chi connectivity index (χ2v) is 15.3. The van der Waals surface area contributed by atoms with E-state index in [0.717, 1.165) is 56.0 Å². The Labute approximate surface area is 338 Å². The number of unbranched alkanes of at least 4 members (excludes halogenated alkanes) is 5. The minimum Gasteiger partial charge on any atom is -0.385 e. The molecule has 1 saturated heterocycles. The van der Waals surface area contributed by atoms with E-state index in [1.807, 2.05) is 36.4 Å². The lowest BCUT2D eigenvalue weighted by molar-refractivity contribution is -0.135. The summed E-state index contributed by atoms with van der Waals surface area (Å²) in [6.07, 6.45) is 11.6. The molecule has 0 radical (unpaired) electrons. The van der Waals surface area contributed by atoms with Gasteiger partial charge in [-0.25, -0.2) is 23.4 Å². The number of amides is 4. The summed E-state index contributed by atoms with van der Waals surface area (Å²) in [5.74, 6) is -1.36. The largest absolute Gasteiger partial charge is 0.385 e. The first-order valence-corrected chi connectivity index (χ1v) is 20.1. The summed E-state index contributed by atoms with van der Waals surface area (Å²) >= 11 is 0. The molecule has 1 unspecified atom stereocenters. The molecule has 2 aromatic carbocycles. The number of imidazole rings is 2. The van der Waals surface area contributed by atoms with Gasteiger partial charge in [0, 0.05) is 50.8 Å². The van der Waals surface area contributed by atoms with Gasteiger partial charge in [-0.2, -0.15) is 10.2 Å². The van der Waals surface area contributed by atoms with Crippen LogP contribution in [0.25, 0.3) is 33.6 Å². The van der Waals surface area contributed by atoms with E-state index in [9.17, 15) is 28.4 Å². The number of aromatic nitrogens is 7. The van der Waals surface area contributed by atoms with Gasteiger partial charge in [0.05, 0.1) is 46.5 Å². The normalized spacial score (nSPS) is 17.6. The monoisotopic (exact) mass is 803 g/mol. The Morgan fingerprint density at radius 2 is 1.75 bits per heavy atom. The summed E-state index contributed by atoms with van der Waals surface area (Å²) < 4.78 is 19.6. The molecule has 0 bridgehead atoms. The van der Waals surface area contributed by atoms with Crippen LogP contribution in [0.4, 0.5) is 10.1 Å². The van der Waals surface area contributed by atoms with Gasteiger partial charge < -0.3 is 16.0 Å². The number of fused-ring (bicyclic) bond motifs is 2. The quantitative estimate of drug-likeness (QED) is 0.0811. The second kappa shape index (κ2) is 16.7. The number of imide groups is 1. The van der Waals surface area contributed by atoms with E-state index in [4.69, 9.17) is 0 Å². The maximum atomic E-state index is 13.4. The molecule has 59 heavy (non-hydrogen) atoms. The Hall–Kier alpha value is -6.65. The number of halogens is 1. The van der Waals surface area contributed by atoms with Crippen molar-refractivity contribution in [2.75, 3.05) is 18.9 Å². The number of nitrogens with zero attached hydrogens (tertiary/aromatic N) is 7. The van der Waals surface area contributed by atoms with Crippen LogP contribution >= 0.6 is 0 Å². The summed E-state index contributed by atoms with van der Waals surface area (Å²) in [7, 11) is 3.46. The molecule has 3 atom stereocenters. The standard InChI is InChI=1S/C42H46FN11O5/c1-44-32-21-30(50-54-36(23-46-38(32)54)41(58)48-31-20-29(31)43)27-22-47-52(24-27)28-12-9-11-26(19-28)39(56)45-17-8-6-4-3-5-7-10-25-13-14-33-35(18-25)51(2)42(59)53(33)34-15-16-37(55)49-40(34)57/h9,11-14,18-19,21-24,29,31,34,44H,3-8,10,15-17,20H2,1-2H3,(H,45,56)(H,48,58)(H,49,55,57)/t29-,31+,34?/m0/s1. The van der Waals surface area contributed by atoms with Gasteiger partial charge in [0.2, 0.25) is 11.8 Å². The summed E-state index contributed by atoms with van der Waals surface area (Å²) in [5.41, 5.74) is 6.07. The van der Waals surface area contributed by atoms with Crippen LogP contribution in [0.3, 0.4) is 0 Å². The number of hydrogen-bond acceptors (Lipinski definition) is 9. The van der Waals surface area contributed by atoms with Crippen molar-refractivity contribution in [3.63, 3.8) is 0 Å². The number of carbonyl (C=O) groups is 4. The number of alkyl halides is 1. The van der Waals surface area contributed by atoms with Crippen molar-refractivity contribution >= 4 is 46.0 Å². The van der Waals surface area contributed by atoms with E-state index in [-0.39, 0.29) is 29.6 Å². The molecule has 5 heterocycles. The lowest BCUT2D eigenvalue weighted by atomic mass is 10.0. The summed E-state index contributed by atoms with van der Waals surface area (Å²) in [6, 6.07) is 13.8. The van der Waals surface area contributed by atoms with E-state index in [1.54, 1.807) is 47.9 Å². The highest BCUT2D eigenvalue weighted by atomic mass is 19.1. The van der Waals surface area contributed by atoms with Crippen LogP contribution in [0.1, 0.15) is 90.2 Å². The van der Waals surface area contributed by atoms with Crippen molar-refractivity contribution in [3.05, 3.63) is 94.4 Å². The Morgan fingerprint density at radius 1 is 0.949 bits per heavy atom. The molecule has 8 rings (SSSR count). The average molecular weight is 804 g/mol. The Kier molecular flexibility index (Phi) is 11.1. The Morgan fingerprint density at radius 3 is 2.53 bits per heavy atom. The number of hydrogen-bond donors (Lipinski definition) is 4. The zero-order valence-corrected chi connectivity index (χ0v) is 32.9. The third kappa shape index (κ3) is 8.22. The van der Waals surface area contributed by atoms with Crippen molar-refractivity contribution in [2.24, 2.45) is 7.05 Å². The molecule has 306 valence electrons. The van der Waals surface area contributed by atoms with Crippen molar-refractivity contribution in [3.8, 4) is 16.9 Å². The van der Waals surface area contributed by atoms with Gasteiger partial charge in [-0.1, -0.05) is 37.8 Å². The molecule has 6 aromatic rings. The van der Waals surface area contributed by atoms with E-state index in [1.165, 1.54) is 15.3 Å². The molecule has 4 amide bonds. The predicted molar refractivity (Wildman–Crippen MR) is 218 cm³/mol. The third-order valence-electron chi connectivity index (χ3n) is 11.1. The molecule has 1 aliphatic heterocycles. The first kappa shape index (κ1) is 39.2. The van der Waals surface area contributed by atoms with Crippen LogP contribution in [0, 0.1) is 0 Å². The minimum absolute atomic E-state index is 0.164. The van der Waals surface area contributed by atoms with Crippen molar-refractivity contribution in [2.45, 2.75) is 82.5 Å². The summed E-state index contributed by atoms with van der Waals surface area (Å²) in [4.78, 5) is 67.4. The zero-order chi connectivity index (χ0) is 41.2. The van der Waals surface area contributed by atoms with Crippen LogP contribution < -0.4 is 27.0 Å². The molecule has 2 fully saturated rings. The molecule has 1 aliphatic carbocycles. The number of aryl methyl sites for hydroxylation is 2. The van der Waals surface area contributed by atoms with Crippen LogP contribution in [0.15, 0.2) is 71.9 Å². The van der Waals surface area contributed by atoms with E-state index in [0.29, 0.717) is 58.7 Å². The maximum absolute atomic E-state index is 13.4. The van der Waals surface area contributed by atoms with Crippen molar-refractivity contribution in [1.82, 2.24) is 49.5 Å². The number of piperidine rings is 1. The van der Waals surface area contributed by atoms with Gasteiger partial charge >= 0.3 is 5.69 Å². The topological polar surface area (TPSA) is 191 Å². The molecule has 16 nitrogen and oxygen atoms in total. The summed E-state index contributed by atoms with van der Waals surface area (Å²) in [5, 5.41) is 20.3. The maximum Gasteiger partial charge on any atom is 0.329 e. The van der Waals surface area contributed by atoms with Gasteiger partial charge in [-0.3, -0.25) is 33.6 Å².